The summed E-state index contributed by atoms with van der Waals surface area (Å²) in [7, 11) is 1.35. The van der Waals surface area contributed by atoms with Gasteiger partial charge in [0.1, 0.15) is 5.82 Å². The minimum absolute atomic E-state index is 0.0610. The van der Waals surface area contributed by atoms with Gasteiger partial charge in [-0.15, -0.1) is 0 Å². The number of hydrogen-bond donors (Lipinski definition) is 1. The number of nitrogens with zero attached hydrogens (tertiary/aromatic N) is 1. The second-order valence-electron chi connectivity index (χ2n) is 8.32. The molecule has 1 N–H and O–H groups in total. The number of benzene rings is 2. The van der Waals surface area contributed by atoms with Crippen LogP contribution in [-0.4, -0.2) is 30.9 Å². The third-order valence-corrected chi connectivity index (χ3v) is 5.87. The lowest BCUT2D eigenvalue weighted by atomic mass is 9.79. The van der Waals surface area contributed by atoms with Gasteiger partial charge in [-0.3, -0.25) is 4.79 Å². The van der Waals surface area contributed by atoms with Crippen LogP contribution in [0.2, 0.25) is 0 Å². The first-order valence-corrected chi connectivity index (χ1v) is 10.3. The highest BCUT2D eigenvalue weighted by Crippen LogP contribution is 2.37. The van der Waals surface area contributed by atoms with Crippen LogP contribution in [0.5, 0.6) is 0 Å². The number of rotatable bonds is 4. The van der Waals surface area contributed by atoms with E-state index >= 15 is 0 Å². The summed E-state index contributed by atoms with van der Waals surface area (Å²) < 4.78 is 92.4. The van der Waals surface area contributed by atoms with Gasteiger partial charge in [0.15, 0.2) is 0 Å². The van der Waals surface area contributed by atoms with E-state index in [-0.39, 0.29) is 17.5 Å². The fourth-order valence-corrected chi connectivity index (χ4v) is 4.28. The Morgan fingerprint density at radius 2 is 1.64 bits per heavy atom. The minimum Gasteiger partial charge on any atom is -0.341 e. The van der Waals surface area contributed by atoms with Gasteiger partial charge in [0.2, 0.25) is 5.91 Å². The highest BCUT2D eigenvalue weighted by Gasteiger charge is 2.38. The highest BCUT2D eigenvalue weighted by molar-refractivity contribution is 5.80. The van der Waals surface area contributed by atoms with Gasteiger partial charge in [0, 0.05) is 32.0 Å². The smallest absolute Gasteiger partial charge is 0.341 e. The Bertz CT molecular complexity index is 985. The molecule has 10 heteroatoms. The Kier molecular flexibility index (Phi) is 7.07. The molecule has 0 bridgehead atoms. The molecule has 0 saturated carbocycles. The lowest BCUT2D eigenvalue weighted by Gasteiger charge is -2.35. The molecular formula is C23H23F7N2O. The first kappa shape index (κ1) is 25.0. The highest BCUT2D eigenvalue weighted by atomic mass is 19.4. The molecule has 2 aromatic rings. The van der Waals surface area contributed by atoms with Crippen LogP contribution in [0.4, 0.5) is 30.7 Å². The van der Waals surface area contributed by atoms with Gasteiger partial charge in [-0.25, -0.2) is 4.39 Å². The molecule has 3 rings (SSSR count). The summed E-state index contributed by atoms with van der Waals surface area (Å²) in [4.78, 5) is 14.4. The van der Waals surface area contributed by atoms with Crippen LogP contribution in [0.3, 0.4) is 0 Å². The molecule has 0 radical (unpaired) electrons. The summed E-state index contributed by atoms with van der Waals surface area (Å²) in [5.41, 5.74) is -1.67. The van der Waals surface area contributed by atoms with Crippen LogP contribution >= 0.6 is 0 Å². The molecule has 2 aromatic carbocycles. The molecule has 1 amide bonds. The second kappa shape index (κ2) is 9.32. The molecule has 1 aliphatic heterocycles. The fraction of sp³-hybridized carbons (Fsp3) is 0.435. The van der Waals surface area contributed by atoms with Crippen molar-refractivity contribution in [3.8, 4) is 0 Å². The number of amides is 1. The van der Waals surface area contributed by atoms with E-state index in [0.29, 0.717) is 37.2 Å². The van der Waals surface area contributed by atoms with Crippen molar-refractivity contribution in [2.24, 2.45) is 5.92 Å². The van der Waals surface area contributed by atoms with E-state index in [9.17, 15) is 35.5 Å². The van der Waals surface area contributed by atoms with Crippen molar-refractivity contribution >= 4 is 5.91 Å². The Balaban J connectivity index is 1.87. The van der Waals surface area contributed by atoms with Gasteiger partial charge < -0.3 is 10.2 Å². The summed E-state index contributed by atoms with van der Waals surface area (Å²) in [6.45, 7) is 2.28. The first-order chi connectivity index (χ1) is 15.3. The van der Waals surface area contributed by atoms with E-state index in [4.69, 9.17) is 0 Å². The van der Waals surface area contributed by atoms with E-state index in [1.807, 2.05) is 0 Å². The van der Waals surface area contributed by atoms with Crippen molar-refractivity contribution in [2.45, 2.75) is 38.2 Å². The quantitative estimate of drug-likeness (QED) is 0.590. The lowest BCUT2D eigenvalue weighted by Crippen LogP contribution is -2.44. The number of aryl methyl sites for hydroxylation is 1. The van der Waals surface area contributed by atoms with Crippen molar-refractivity contribution < 1.29 is 35.5 Å². The van der Waals surface area contributed by atoms with Crippen molar-refractivity contribution in [3.63, 3.8) is 0 Å². The van der Waals surface area contributed by atoms with Crippen LogP contribution in [0.15, 0.2) is 36.4 Å². The molecule has 0 aromatic heterocycles. The van der Waals surface area contributed by atoms with Crippen molar-refractivity contribution in [1.29, 1.82) is 0 Å². The molecule has 0 aliphatic carbocycles. The minimum atomic E-state index is -4.96. The molecule has 1 saturated heterocycles. The molecule has 1 fully saturated rings. The summed E-state index contributed by atoms with van der Waals surface area (Å²) >= 11 is 0. The monoisotopic (exact) mass is 476 g/mol. The summed E-state index contributed by atoms with van der Waals surface area (Å²) in [6.07, 6.45) is -9.49. The lowest BCUT2D eigenvalue weighted by molar-refractivity contribution is -0.143. The summed E-state index contributed by atoms with van der Waals surface area (Å²) in [5.74, 6) is -1.66. The summed E-state index contributed by atoms with van der Waals surface area (Å²) in [5, 5.41) is 3.18. The van der Waals surface area contributed by atoms with E-state index in [0.717, 1.165) is 10.5 Å². The van der Waals surface area contributed by atoms with E-state index in [1.165, 1.54) is 19.2 Å². The third-order valence-electron chi connectivity index (χ3n) is 5.87. The largest absolute Gasteiger partial charge is 0.416 e. The Labute approximate surface area is 186 Å². The first-order valence-electron chi connectivity index (χ1n) is 10.3. The Hall–Kier alpha value is -2.62. The molecule has 0 spiro atoms. The van der Waals surface area contributed by atoms with Crippen molar-refractivity contribution in [1.82, 2.24) is 10.2 Å². The molecule has 2 atom stereocenters. The zero-order valence-electron chi connectivity index (χ0n) is 17.9. The molecule has 1 aliphatic rings. The predicted octanol–water partition coefficient (Wildman–Crippen LogP) is 5.52. The van der Waals surface area contributed by atoms with Crippen molar-refractivity contribution in [3.05, 3.63) is 70.0 Å². The molecule has 0 unspecified atom stereocenters. The van der Waals surface area contributed by atoms with E-state index < -0.39 is 47.7 Å². The van der Waals surface area contributed by atoms with Gasteiger partial charge in [-0.2, -0.15) is 26.3 Å². The maximum atomic E-state index is 13.5. The van der Waals surface area contributed by atoms with Crippen LogP contribution < -0.4 is 5.32 Å². The van der Waals surface area contributed by atoms with Gasteiger partial charge >= 0.3 is 12.4 Å². The Morgan fingerprint density at radius 1 is 1.03 bits per heavy atom. The van der Waals surface area contributed by atoms with Gasteiger partial charge in [-0.1, -0.05) is 6.07 Å². The zero-order chi connectivity index (χ0) is 24.6. The number of carbonyl (C=O) groups excluding carboxylic acids is 1. The molecule has 180 valence electrons. The Morgan fingerprint density at radius 3 is 2.18 bits per heavy atom. The SMILES string of the molecule is Cc1cc(F)ccc1[C@@H]1CNCC[C@@H]1C(=O)N(C)Cc1cc(C(F)(F)F)cc(C(F)(F)F)c1. The maximum Gasteiger partial charge on any atom is 0.416 e. The molecule has 3 nitrogen and oxygen atoms in total. The van der Waals surface area contributed by atoms with Crippen LogP contribution in [-0.2, 0) is 23.7 Å². The predicted molar refractivity (Wildman–Crippen MR) is 108 cm³/mol. The van der Waals surface area contributed by atoms with Crippen LogP contribution in [0, 0.1) is 18.7 Å². The summed E-state index contributed by atoms with van der Waals surface area (Å²) in [6, 6.07) is 5.57. The number of carbonyl (C=O) groups is 1. The van der Waals surface area contributed by atoms with Gasteiger partial charge in [0.05, 0.1) is 11.1 Å². The number of hydrogen-bond acceptors (Lipinski definition) is 2. The van der Waals surface area contributed by atoms with Crippen molar-refractivity contribution in [2.75, 3.05) is 20.1 Å². The topological polar surface area (TPSA) is 32.3 Å². The van der Waals surface area contributed by atoms with E-state index in [1.54, 1.807) is 13.0 Å². The van der Waals surface area contributed by atoms with Gasteiger partial charge in [-0.05, 0) is 66.9 Å². The number of alkyl halides is 6. The zero-order valence-corrected chi connectivity index (χ0v) is 17.9. The van der Waals surface area contributed by atoms with Crippen LogP contribution in [0.25, 0.3) is 0 Å². The average Bonchev–Trinajstić information content (AvgIpc) is 2.72. The average molecular weight is 476 g/mol. The molecular weight excluding hydrogens is 453 g/mol. The second-order valence-corrected chi connectivity index (χ2v) is 8.32. The normalized spacial score (nSPS) is 19.4. The molecule has 33 heavy (non-hydrogen) atoms. The molecule has 1 heterocycles. The maximum absolute atomic E-state index is 13.5. The number of nitrogens with one attached hydrogen (secondary N) is 1. The number of piperidine rings is 1. The fourth-order valence-electron chi connectivity index (χ4n) is 4.28. The van der Waals surface area contributed by atoms with Crippen LogP contribution in [0.1, 0.15) is 40.2 Å². The number of halogens is 7. The third kappa shape index (κ3) is 5.85. The van der Waals surface area contributed by atoms with Gasteiger partial charge in [0.25, 0.3) is 0 Å². The standard InChI is InChI=1S/C23H23F7N2O/c1-13-7-17(24)3-4-18(13)20-11-31-6-5-19(20)21(33)32(2)12-14-8-15(22(25,26)27)10-16(9-14)23(28,29)30/h3-4,7-10,19-20,31H,5-6,11-12H2,1-2H3/t19-,20-/m0/s1. The van der Waals surface area contributed by atoms with E-state index in [2.05, 4.69) is 5.32 Å².